The summed E-state index contributed by atoms with van der Waals surface area (Å²) < 4.78 is 4.60. The zero-order valence-electron chi connectivity index (χ0n) is 5.93. The van der Waals surface area contributed by atoms with Gasteiger partial charge >= 0.3 is 0 Å². The van der Waals surface area contributed by atoms with Gasteiger partial charge in [-0.3, -0.25) is 10.1 Å². The lowest BCUT2D eigenvalue weighted by Gasteiger charge is -1.89. The minimum absolute atomic E-state index is 0.0220. The number of nitro benzene ring substituents is 1. The molecule has 0 saturated heterocycles. The number of fused-ring (bicyclic) bond motifs is 1. The maximum atomic E-state index is 10.4. The molecule has 5 nitrogen and oxygen atoms in total. The Balaban J connectivity index is 2.82. The predicted molar refractivity (Wildman–Crippen MR) is 40.7 cm³/mol. The third-order valence-electron chi connectivity index (χ3n) is 1.58. The zero-order valence-corrected chi connectivity index (χ0v) is 5.93. The van der Waals surface area contributed by atoms with E-state index in [0.717, 1.165) is 0 Å². The van der Waals surface area contributed by atoms with Gasteiger partial charge in [-0.2, -0.15) is 0 Å². The highest BCUT2D eigenvalue weighted by atomic mass is 16.6. The topological polar surface area (TPSA) is 69.2 Å². The molecule has 0 spiro atoms. The number of rotatable bonds is 1. The molecule has 0 aliphatic rings. The van der Waals surface area contributed by atoms with Gasteiger partial charge in [0.15, 0.2) is 0 Å². The molecule has 60 valence electrons. The quantitative estimate of drug-likeness (QED) is 0.475. The molecule has 0 atom stereocenters. The molecule has 0 N–H and O–H groups in total. The Labute approximate surface area is 66.7 Å². The molecular formula is C7H4N2O3. The molecule has 2 aromatic rings. The highest BCUT2D eigenvalue weighted by Gasteiger charge is 2.12. The van der Waals surface area contributed by atoms with Gasteiger partial charge in [0, 0.05) is 6.07 Å². The van der Waals surface area contributed by atoms with E-state index in [0.29, 0.717) is 10.9 Å². The first kappa shape index (κ1) is 6.78. The average Bonchev–Trinajstić information content (AvgIpc) is 2.49. The summed E-state index contributed by atoms with van der Waals surface area (Å²) in [6, 6.07) is 4.65. The molecule has 1 aromatic carbocycles. The highest BCUT2D eigenvalue weighted by molar-refractivity contribution is 5.86. The second kappa shape index (κ2) is 2.30. The normalized spacial score (nSPS) is 10.3. The van der Waals surface area contributed by atoms with Crippen LogP contribution in [0.25, 0.3) is 10.9 Å². The Bertz CT molecular complexity index is 435. The maximum absolute atomic E-state index is 10.4. The van der Waals surface area contributed by atoms with Crippen LogP contribution in [0.5, 0.6) is 0 Å². The number of aromatic nitrogens is 1. The SMILES string of the molecule is O=[N+]([O-])c1cccc2nocc12. The third-order valence-corrected chi connectivity index (χ3v) is 1.58. The second-order valence-corrected chi connectivity index (χ2v) is 2.28. The Morgan fingerprint density at radius 1 is 1.50 bits per heavy atom. The van der Waals surface area contributed by atoms with Crippen LogP contribution in [-0.2, 0) is 0 Å². The second-order valence-electron chi connectivity index (χ2n) is 2.28. The molecule has 5 heteroatoms. The smallest absolute Gasteiger partial charge is 0.282 e. The van der Waals surface area contributed by atoms with Crippen LogP contribution >= 0.6 is 0 Å². The Morgan fingerprint density at radius 2 is 2.33 bits per heavy atom. The minimum atomic E-state index is -0.459. The van der Waals surface area contributed by atoms with Crippen molar-refractivity contribution in [3.8, 4) is 0 Å². The fraction of sp³-hybridized carbons (Fsp3) is 0. The summed E-state index contributed by atoms with van der Waals surface area (Å²) in [5.41, 5.74) is 0.526. The molecular weight excluding hydrogens is 160 g/mol. The fourth-order valence-corrected chi connectivity index (χ4v) is 1.04. The molecule has 1 heterocycles. The van der Waals surface area contributed by atoms with E-state index in [-0.39, 0.29) is 5.69 Å². The fourth-order valence-electron chi connectivity index (χ4n) is 1.04. The number of non-ortho nitro benzene ring substituents is 1. The Morgan fingerprint density at radius 3 is 3.08 bits per heavy atom. The molecule has 0 radical (unpaired) electrons. The first-order valence-electron chi connectivity index (χ1n) is 3.26. The standard InChI is InChI=1S/C7H4N2O3/c10-9(11)7-3-1-2-6-5(7)4-12-8-6/h1-4H. The van der Waals surface area contributed by atoms with E-state index in [1.54, 1.807) is 12.1 Å². The summed E-state index contributed by atoms with van der Waals surface area (Å²) in [4.78, 5) is 9.99. The zero-order chi connectivity index (χ0) is 8.55. The number of nitrogens with zero attached hydrogens (tertiary/aromatic N) is 2. The van der Waals surface area contributed by atoms with E-state index in [1.807, 2.05) is 0 Å². The Hall–Kier alpha value is -1.91. The van der Waals surface area contributed by atoms with Crippen molar-refractivity contribution in [1.82, 2.24) is 5.16 Å². The number of nitro groups is 1. The molecule has 1 aromatic heterocycles. The largest absolute Gasteiger partial charge is 0.363 e. The van der Waals surface area contributed by atoms with Crippen LogP contribution in [0.1, 0.15) is 0 Å². The first-order valence-corrected chi connectivity index (χ1v) is 3.26. The van der Waals surface area contributed by atoms with Gasteiger partial charge in [0.1, 0.15) is 17.2 Å². The van der Waals surface area contributed by atoms with Gasteiger partial charge < -0.3 is 4.52 Å². The first-order chi connectivity index (χ1) is 5.79. The molecule has 0 unspecified atom stereocenters. The van der Waals surface area contributed by atoms with Crippen molar-refractivity contribution in [1.29, 1.82) is 0 Å². The molecule has 2 rings (SSSR count). The molecule has 0 aliphatic carbocycles. The van der Waals surface area contributed by atoms with Crippen LogP contribution in [0, 0.1) is 10.1 Å². The molecule has 0 saturated carbocycles. The van der Waals surface area contributed by atoms with Gasteiger partial charge in [0.05, 0.1) is 4.92 Å². The number of hydrogen-bond donors (Lipinski definition) is 0. The summed E-state index contributed by atoms with van der Waals surface area (Å²) in [6.45, 7) is 0. The maximum Gasteiger partial charge on any atom is 0.282 e. The van der Waals surface area contributed by atoms with E-state index in [9.17, 15) is 10.1 Å². The average molecular weight is 164 g/mol. The summed E-state index contributed by atoms with van der Waals surface area (Å²) in [5, 5.41) is 14.5. The van der Waals surface area contributed by atoms with Crippen molar-refractivity contribution < 1.29 is 9.45 Å². The minimum Gasteiger partial charge on any atom is -0.363 e. The van der Waals surface area contributed by atoms with E-state index < -0.39 is 4.92 Å². The van der Waals surface area contributed by atoms with Crippen LogP contribution in [0.15, 0.2) is 29.0 Å². The van der Waals surface area contributed by atoms with Crippen LogP contribution in [-0.4, -0.2) is 10.1 Å². The van der Waals surface area contributed by atoms with Crippen LogP contribution in [0.3, 0.4) is 0 Å². The lowest BCUT2D eigenvalue weighted by molar-refractivity contribution is -0.383. The van der Waals surface area contributed by atoms with Crippen molar-refractivity contribution in [3.05, 3.63) is 34.6 Å². The van der Waals surface area contributed by atoms with Crippen molar-refractivity contribution in [3.63, 3.8) is 0 Å². The number of benzene rings is 1. The monoisotopic (exact) mass is 164 g/mol. The van der Waals surface area contributed by atoms with Gasteiger partial charge in [0.2, 0.25) is 0 Å². The molecule has 0 aliphatic heterocycles. The lowest BCUT2D eigenvalue weighted by Crippen LogP contribution is -1.87. The van der Waals surface area contributed by atoms with Crippen LogP contribution < -0.4 is 0 Å². The van der Waals surface area contributed by atoms with Gasteiger partial charge in [-0.1, -0.05) is 11.2 Å². The molecule has 0 bridgehead atoms. The van der Waals surface area contributed by atoms with Crippen molar-refractivity contribution in [2.45, 2.75) is 0 Å². The number of hydrogen-bond acceptors (Lipinski definition) is 4. The van der Waals surface area contributed by atoms with Gasteiger partial charge in [-0.15, -0.1) is 0 Å². The molecule has 0 fully saturated rings. The predicted octanol–water partition coefficient (Wildman–Crippen LogP) is 1.74. The summed E-state index contributed by atoms with van der Waals surface area (Å²) in [6.07, 6.45) is 1.27. The van der Waals surface area contributed by atoms with E-state index >= 15 is 0 Å². The van der Waals surface area contributed by atoms with Gasteiger partial charge in [-0.05, 0) is 6.07 Å². The van der Waals surface area contributed by atoms with Crippen LogP contribution in [0.4, 0.5) is 5.69 Å². The molecule has 0 amide bonds. The van der Waals surface area contributed by atoms with E-state index in [4.69, 9.17) is 0 Å². The third kappa shape index (κ3) is 0.833. The summed E-state index contributed by atoms with van der Waals surface area (Å²) in [7, 11) is 0. The van der Waals surface area contributed by atoms with Gasteiger partial charge in [0.25, 0.3) is 5.69 Å². The highest BCUT2D eigenvalue weighted by Crippen LogP contribution is 2.23. The van der Waals surface area contributed by atoms with E-state index in [1.165, 1.54) is 12.3 Å². The molecule has 12 heavy (non-hydrogen) atoms. The van der Waals surface area contributed by atoms with Gasteiger partial charge in [-0.25, -0.2) is 0 Å². The lowest BCUT2D eigenvalue weighted by atomic mass is 10.2. The van der Waals surface area contributed by atoms with Crippen molar-refractivity contribution in [2.24, 2.45) is 0 Å². The van der Waals surface area contributed by atoms with E-state index in [2.05, 4.69) is 9.68 Å². The van der Waals surface area contributed by atoms with Crippen molar-refractivity contribution >= 4 is 16.6 Å². The van der Waals surface area contributed by atoms with Crippen LogP contribution in [0.2, 0.25) is 0 Å². The Kier molecular flexibility index (Phi) is 1.30. The van der Waals surface area contributed by atoms with Crippen molar-refractivity contribution in [2.75, 3.05) is 0 Å². The summed E-state index contributed by atoms with van der Waals surface area (Å²) >= 11 is 0. The summed E-state index contributed by atoms with van der Waals surface area (Å²) in [5.74, 6) is 0.